The van der Waals surface area contributed by atoms with Crippen LogP contribution in [0.2, 0.25) is 0 Å². The highest BCUT2D eigenvalue weighted by Gasteiger charge is 2.28. The first kappa shape index (κ1) is 17.9. The van der Waals surface area contributed by atoms with Crippen molar-refractivity contribution in [2.75, 3.05) is 13.1 Å². The standard InChI is InChI=1S/C20H22N4O2S/c1-2-11-24-18(25)10-9-16(22-24)20(26)23-12-5-6-14(13-23)19-21-15-7-3-4-8-17(15)27-19/h3-4,7-10,14H,2,5-6,11-13H2,1H3/t14-/m0/s1. The number of nitrogens with zero attached hydrogens (tertiary/aromatic N) is 4. The van der Waals surface area contributed by atoms with Crippen LogP contribution in [0.3, 0.4) is 0 Å². The number of hydrogen-bond donors (Lipinski definition) is 0. The number of carbonyl (C=O) groups excluding carboxylic acids is 1. The number of aromatic nitrogens is 3. The lowest BCUT2D eigenvalue weighted by Gasteiger charge is -2.31. The van der Waals surface area contributed by atoms with Crippen LogP contribution in [0.15, 0.2) is 41.2 Å². The molecule has 1 amide bonds. The molecule has 4 rings (SSSR count). The summed E-state index contributed by atoms with van der Waals surface area (Å²) in [6, 6.07) is 11.1. The zero-order valence-electron chi connectivity index (χ0n) is 15.3. The summed E-state index contributed by atoms with van der Waals surface area (Å²) in [5, 5.41) is 5.36. The smallest absolute Gasteiger partial charge is 0.274 e. The number of benzene rings is 1. The Morgan fingerprint density at radius 1 is 1.26 bits per heavy atom. The van der Waals surface area contributed by atoms with Gasteiger partial charge in [-0.1, -0.05) is 19.1 Å². The van der Waals surface area contributed by atoms with Gasteiger partial charge in [-0.05, 0) is 37.5 Å². The van der Waals surface area contributed by atoms with Crippen molar-refractivity contribution >= 4 is 27.5 Å². The number of amides is 1. The van der Waals surface area contributed by atoms with E-state index in [4.69, 9.17) is 4.98 Å². The first-order chi connectivity index (χ1) is 13.2. The van der Waals surface area contributed by atoms with Crippen molar-refractivity contribution in [2.24, 2.45) is 0 Å². The summed E-state index contributed by atoms with van der Waals surface area (Å²) in [7, 11) is 0. The molecular weight excluding hydrogens is 360 g/mol. The Hall–Kier alpha value is -2.54. The van der Waals surface area contributed by atoms with Crippen molar-refractivity contribution in [3.8, 4) is 0 Å². The van der Waals surface area contributed by atoms with Crippen molar-refractivity contribution < 1.29 is 4.79 Å². The molecule has 0 unspecified atom stereocenters. The van der Waals surface area contributed by atoms with Crippen molar-refractivity contribution in [3.63, 3.8) is 0 Å². The molecule has 6 nitrogen and oxygen atoms in total. The highest BCUT2D eigenvalue weighted by atomic mass is 32.1. The van der Waals surface area contributed by atoms with Crippen LogP contribution in [0.5, 0.6) is 0 Å². The predicted octanol–water partition coefficient (Wildman–Crippen LogP) is 3.28. The summed E-state index contributed by atoms with van der Waals surface area (Å²) in [5.74, 6) is 0.146. The van der Waals surface area contributed by atoms with E-state index in [0.29, 0.717) is 18.8 Å². The lowest BCUT2D eigenvalue weighted by Crippen LogP contribution is -2.40. The van der Waals surface area contributed by atoms with E-state index in [9.17, 15) is 9.59 Å². The largest absolute Gasteiger partial charge is 0.337 e. The lowest BCUT2D eigenvalue weighted by atomic mass is 9.98. The number of piperidine rings is 1. The van der Waals surface area contributed by atoms with E-state index in [1.807, 2.05) is 30.0 Å². The van der Waals surface area contributed by atoms with Gasteiger partial charge in [-0.15, -0.1) is 11.3 Å². The normalized spacial score (nSPS) is 17.4. The van der Waals surface area contributed by atoms with Gasteiger partial charge in [-0.25, -0.2) is 9.67 Å². The number of hydrogen-bond acceptors (Lipinski definition) is 5. The van der Waals surface area contributed by atoms with Crippen molar-refractivity contribution in [2.45, 2.75) is 38.6 Å². The fourth-order valence-electron chi connectivity index (χ4n) is 3.52. The molecule has 0 N–H and O–H groups in total. The number of rotatable bonds is 4. The summed E-state index contributed by atoms with van der Waals surface area (Å²) >= 11 is 1.71. The van der Waals surface area contributed by atoms with Crippen LogP contribution in [0, 0.1) is 0 Å². The zero-order chi connectivity index (χ0) is 18.8. The van der Waals surface area contributed by atoms with Gasteiger partial charge in [0, 0.05) is 31.6 Å². The molecule has 7 heteroatoms. The van der Waals surface area contributed by atoms with Gasteiger partial charge in [-0.2, -0.15) is 5.10 Å². The van der Waals surface area contributed by atoms with Crippen LogP contribution >= 0.6 is 11.3 Å². The van der Waals surface area contributed by atoms with Gasteiger partial charge in [-0.3, -0.25) is 9.59 Å². The number of thiazole rings is 1. The minimum atomic E-state index is -0.167. The highest BCUT2D eigenvalue weighted by Crippen LogP contribution is 2.33. The first-order valence-corrected chi connectivity index (χ1v) is 10.2. The van der Waals surface area contributed by atoms with E-state index in [0.717, 1.165) is 36.3 Å². The summed E-state index contributed by atoms with van der Waals surface area (Å²) in [5.41, 5.74) is 1.20. The van der Waals surface area contributed by atoms with Crippen LogP contribution in [0.1, 0.15) is 47.6 Å². The van der Waals surface area contributed by atoms with Gasteiger partial charge >= 0.3 is 0 Å². The van der Waals surface area contributed by atoms with Crippen molar-refractivity contribution in [3.05, 3.63) is 57.5 Å². The molecule has 1 saturated heterocycles. The number of likely N-dealkylation sites (tertiary alicyclic amines) is 1. The van der Waals surface area contributed by atoms with Gasteiger partial charge in [0.1, 0.15) is 5.69 Å². The maximum absolute atomic E-state index is 12.9. The Balaban J connectivity index is 1.54. The second-order valence-electron chi connectivity index (χ2n) is 6.89. The Morgan fingerprint density at radius 3 is 2.93 bits per heavy atom. The molecule has 1 atom stereocenters. The minimum Gasteiger partial charge on any atom is -0.337 e. The third kappa shape index (κ3) is 3.64. The van der Waals surface area contributed by atoms with Crippen molar-refractivity contribution in [1.82, 2.24) is 19.7 Å². The SMILES string of the molecule is CCCn1nc(C(=O)N2CCC[C@H](c3nc4ccccc4s3)C2)ccc1=O. The summed E-state index contributed by atoms with van der Waals surface area (Å²) < 4.78 is 2.56. The second kappa shape index (κ2) is 7.60. The second-order valence-corrected chi connectivity index (χ2v) is 7.95. The fourth-order valence-corrected chi connectivity index (χ4v) is 4.62. The van der Waals surface area contributed by atoms with Gasteiger partial charge in [0.15, 0.2) is 0 Å². The van der Waals surface area contributed by atoms with E-state index >= 15 is 0 Å². The van der Waals surface area contributed by atoms with Gasteiger partial charge < -0.3 is 4.90 Å². The van der Waals surface area contributed by atoms with Gasteiger partial charge in [0.25, 0.3) is 11.5 Å². The Bertz CT molecular complexity index is 993. The number of para-hydroxylation sites is 1. The molecule has 0 aliphatic carbocycles. The minimum absolute atomic E-state index is 0.106. The van der Waals surface area contributed by atoms with Crippen LogP contribution < -0.4 is 5.56 Å². The topological polar surface area (TPSA) is 68.1 Å². The number of fused-ring (bicyclic) bond motifs is 1. The van der Waals surface area contributed by atoms with Gasteiger partial charge in [0.05, 0.1) is 15.2 Å². The van der Waals surface area contributed by atoms with E-state index in [1.54, 1.807) is 11.3 Å². The van der Waals surface area contributed by atoms with Crippen LogP contribution in [-0.2, 0) is 6.54 Å². The van der Waals surface area contributed by atoms with Gasteiger partial charge in [0.2, 0.25) is 0 Å². The molecule has 140 valence electrons. The number of aryl methyl sites for hydroxylation is 1. The molecule has 1 aliphatic rings. The van der Waals surface area contributed by atoms with Crippen molar-refractivity contribution in [1.29, 1.82) is 0 Å². The lowest BCUT2D eigenvalue weighted by molar-refractivity contribution is 0.0698. The van der Waals surface area contributed by atoms with E-state index < -0.39 is 0 Å². The molecule has 0 bridgehead atoms. The molecule has 0 radical (unpaired) electrons. The molecule has 2 aromatic heterocycles. The Kier molecular flexibility index (Phi) is 5.03. The average Bonchev–Trinajstić information content (AvgIpc) is 3.14. The highest BCUT2D eigenvalue weighted by molar-refractivity contribution is 7.18. The molecule has 0 spiro atoms. The quantitative estimate of drug-likeness (QED) is 0.694. The maximum atomic E-state index is 12.9. The molecule has 1 aliphatic heterocycles. The van der Waals surface area contributed by atoms with E-state index in [1.165, 1.54) is 21.5 Å². The predicted molar refractivity (Wildman–Crippen MR) is 106 cm³/mol. The Morgan fingerprint density at radius 2 is 2.11 bits per heavy atom. The molecule has 3 heterocycles. The monoisotopic (exact) mass is 382 g/mol. The summed E-state index contributed by atoms with van der Waals surface area (Å²) in [6.07, 6.45) is 2.78. The van der Waals surface area contributed by atoms with Crippen LogP contribution in [0.4, 0.5) is 0 Å². The molecule has 27 heavy (non-hydrogen) atoms. The van der Waals surface area contributed by atoms with E-state index in [2.05, 4.69) is 11.2 Å². The molecule has 0 saturated carbocycles. The third-order valence-electron chi connectivity index (χ3n) is 4.89. The summed E-state index contributed by atoms with van der Waals surface area (Å²) in [6.45, 7) is 3.87. The van der Waals surface area contributed by atoms with E-state index in [-0.39, 0.29) is 17.4 Å². The number of carbonyl (C=O) groups is 1. The molecular formula is C20H22N4O2S. The zero-order valence-corrected chi connectivity index (χ0v) is 16.1. The first-order valence-electron chi connectivity index (χ1n) is 9.38. The van der Waals surface area contributed by atoms with Crippen LogP contribution in [0.25, 0.3) is 10.2 Å². The maximum Gasteiger partial charge on any atom is 0.274 e. The third-order valence-corrected chi connectivity index (χ3v) is 6.09. The fraction of sp³-hybridized carbons (Fsp3) is 0.400. The molecule has 1 fully saturated rings. The molecule has 1 aromatic carbocycles. The Labute approximate surface area is 161 Å². The molecule has 3 aromatic rings. The average molecular weight is 382 g/mol. The summed E-state index contributed by atoms with van der Waals surface area (Å²) in [4.78, 5) is 31.4. The van der Waals surface area contributed by atoms with Crippen LogP contribution in [-0.4, -0.2) is 38.7 Å².